The molecule has 0 radical (unpaired) electrons. The summed E-state index contributed by atoms with van der Waals surface area (Å²) in [5.74, 6) is 2.01. The molecule has 2 heterocycles. The second-order valence-corrected chi connectivity index (χ2v) is 11.0. The molecular weight excluding hydrogens is 462 g/mol. The van der Waals surface area contributed by atoms with Gasteiger partial charge in [-0.3, -0.25) is 0 Å². The van der Waals surface area contributed by atoms with Crippen molar-refractivity contribution in [3.63, 3.8) is 0 Å². The van der Waals surface area contributed by atoms with Crippen LogP contribution < -0.4 is 4.74 Å². The van der Waals surface area contributed by atoms with Crippen molar-refractivity contribution in [1.82, 2.24) is 9.80 Å². The quantitative estimate of drug-likeness (QED) is 0.452. The molecule has 6 heteroatoms. The summed E-state index contributed by atoms with van der Waals surface area (Å²) in [5.41, 5.74) is 3.47. The molecule has 196 valence electrons. The molecule has 2 aromatic carbocycles. The molecule has 0 bridgehead atoms. The molecule has 1 atom stereocenters. The van der Waals surface area contributed by atoms with Crippen molar-refractivity contribution in [2.75, 3.05) is 39.9 Å². The number of fused-ring (bicyclic) bond motifs is 1. The number of benzene rings is 2. The zero-order valence-electron chi connectivity index (χ0n) is 22.0. The molecule has 0 N–H and O–H groups in total. The summed E-state index contributed by atoms with van der Waals surface area (Å²) >= 11 is 0. The predicted molar refractivity (Wildman–Crippen MR) is 143 cm³/mol. The molecule has 3 aliphatic rings. The van der Waals surface area contributed by atoms with Gasteiger partial charge in [0.25, 0.3) is 0 Å². The minimum absolute atomic E-state index is 0.0182. The average molecular weight is 502 g/mol. The summed E-state index contributed by atoms with van der Waals surface area (Å²) in [7, 11) is 1.50. The van der Waals surface area contributed by atoms with Crippen LogP contribution >= 0.6 is 0 Å². The van der Waals surface area contributed by atoms with Gasteiger partial charge in [0.05, 0.1) is 25.3 Å². The van der Waals surface area contributed by atoms with Crippen molar-refractivity contribution in [2.24, 2.45) is 11.8 Å². The van der Waals surface area contributed by atoms with Crippen molar-refractivity contribution >= 4 is 6.09 Å². The third-order valence-electron chi connectivity index (χ3n) is 9.04. The zero-order valence-corrected chi connectivity index (χ0v) is 22.0. The van der Waals surface area contributed by atoms with Crippen LogP contribution in [0, 0.1) is 23.2 Å². The summed E-state index contributed by atoms with van der Waals surface area (Å²) < 4.78 is 11.1. The minimum atomic E-state index is -0.198. The van der Waals surface area contributed by atoms with Gasteiger partial charge in [-0.05, 0) is 92.4 Å². The number of amides is 1. The van der Waals surface area contributed by atoms with Gasteiger partial charge in [-0.15, -0.1) is 0 Å². The molecule has 2 aliphatic heterocycles. The molecule has 5 rings (SSSR count). The van der Waals surface area contributed by atoms with Gasteiger partial charge in [-0.1, -0.05) is 37.1 Å². The number of nitrogens with zero attached hydrogens (tertiary/aromatic N) is 3. The molecule has 1 aliphatic carbocycles. The Morgan fingerprint density at radius 3 is 2.43 bits per heavy atom. The maximum Gasteiger partial charge on any atom is 0.409 e. The Morgan fingerprint density at radius 1 is 1.03 bits per heavy atom. The number of hydrogen-bond acceptors (Lipinski definition) is 5. The smallest absolute Gasteiger partial charge is 0.409 e. The van der Waals surface area contributed by atoms with Crippen LogP contribution in [0.5, 0.6) is 5.75 Å². The highest BCUT2D eigenvalue weighted by Crippen LogP contribution is 2.53. The van der Waals surface area contributed by atoms with Gasteiger partial charge in [-0.2, -0.15) is 5.26 Å². The lowest BCUT2D eigenvalue weighted by Crippen LogP contribution is -2.57. The van der Waals surface area contributed by atoms with Crippen molar-refractivity contribution in [1.29, 1.82) is 5.26 Å². The highest BCUT2D eigenvalue weighted by molar-refractivity contribution is 5.68. The fourth-order valence-electron chi connectivity index (χ4n) is 7.28. The van der Waals surface area contributed by atoms with Gasteiger partial charge in [0.15, 0.2) is 0 Å². The first-order valence-electron chi connectivity index (χ1n) is 13.9. The third-order valence-corrected chi connectivity index (χ3v) is 9.04. The van der Waals surface area contributed by atoms with Crippen LogP contribution in [0.25, 0.3) is 0 Å². The molecular formula is C31H39N3O3. The average Bonchev–Trinajstić information content (AvgIpc) is 3.50. The summed E-state index contributed by atoms with van der Waals surface area (Å²) in [6.45, 7) is 5.33. The maximum atomic E-state index is 12.8. The lowest BCUT2D eigenvalue weighted by atomic mass is 9.57. The number of methoxy groups -OCH3 is 1. The van der Waals surface area contributed by atoms with E-state index in [2.05, 4.69) is 35.2 Å². The first kappa shape index (κ1) is 25.6. The number of likely N-dealkylation sites (tertiary alicyclic amines) is 1. The molecule has 0 spiro atoms. The molecule has 0 aromatic heterocycles. The fraction of sp³-hybridized carbons (Fsp3) is 0.548. The van der Waals surface area contributed by atoms with Crippen LogP contribution in [0.2, 0.25) is 0 Å². The van der Waals surface area contributed by atoms with E-state index in [1.807, 2.05) is 17.0 Å². The molecule has 2 aromatic rings. The standard InChI is InChI=1S/C31H39N3O3/c1-36-30(35)34-22-25-7-2-5-10-29(25)31(23-34,26-8-3-4-9-26)27-15-18-33(19-16-27)17-6-20-37-28-13-11-24(21-32)12-14-28/h2,5,7,10-14,26-27H,3-4,6,8-9,15-20,22-23H2,1H3. The number of nitriles is 1. The Balaban J connectivity index is 1.24. The SMILES string of the molecule is COC(=O)N1Cc2ccccc2C(C2CCCC2)(C2CCN(CCCOc3ccc(C#N)cc3)CC2)C1. The lowest BCUT2D eigenvalue weighted by Gasteiger charge is -2.53. The van der Waals surface area contributed by atoms with Crippen LogP contribution in [0.3, 0.4) is 0 Å². The Hall–Kier alpha value is -3.04. The minimum Gasteiger partial charge on any atom is -0.494 e. The number of piperidine rings is 1. The summed E-state index contributed by atoms with van der Waals surface area (Å²) in [6, 6.07) is 18.4. The van der Waals surface area contributed by atoms with Crippen LogP contribution in [0.1, 0.15) is 61.6 Å². The van der Waals surface area contributed by atoms with E-state index in [9.17, 15) is 4.79 Å². The molecule has 1 saturated heterocycles. The topological polar surface area (TPSA) is 65.8 Å². The van der Waals surface area contributed by atoms with Gasteiger partial charge in [-0.25, -0.2) is 4.79 Å². The number of rotatable bonds is 7. The first-order valence-corrected chi connectivity index (χ1v) is 13.9. The summed E-state index contributed by atoms with van der Waals surface area (Å²) in [5, 5.41) is 8.94. The third kappa shape index (κ3) is 5.33. The first-order chi connectivity index (χ1) is 18.1. The molecule has 6 nitrogen and oxygen atoms in total. The van der Waals surface area contributed by atoms with Gasteiger partial charge >= 0.3 is 6.09 Å². The van der Waals surface area contributed by atoms with Gasteiger partial charge < -0.3 is 19.3 Å². The largest absolute Gasteiger partial charge is 0.494 e. The molecule has 37 heavy (non-hydrogen) atoms. The number of hydrogen-bond donors (Lipinski definition) is 0. The van der Waals surface area contributed by atoms with Crippen molar-refractivity contribution in [2.45, 2.75) is 56.9 Å². The monoisotopic (exact) mass is 501 g/mol. The Labute approximate surface area is 221 Å². The van der Waals surface area contributed by atoms with E-state index in [4.69, 9.17) is 14.7 Å². The Bertz CT molecular complexity index is 1100. The molecule has 2 fully saturated rings. The van der Waals surface area contributed by atoms with E-state index in [-0.39, 0.29) is 11.5 Å². The fourth-order valence-corrected chi connectivity index (χ4v) is 7.28. The lowest BCUT2D eigenvalue weighted by molar-refractivity contribution is 0.0343. The van der Waals surface area contributed by atoms with Crippen LogP contribution in [0.15, 0.2) is 48.5 Å². The van der Waals surface area contributed by atoms with E-state index >= 15 is 0 Å². The van der Waals surface area contributed by atoms with E-state index in [0.717, 1.165) is 51.2 Å². The van der Waals surface area contributed by atoms with E-state index in [1.54, 1.807) is 12.1 Å². The van der Waals surface area contributed by atoms with Gasteiger partial charge in [0.1, 0.15) is 5.75 Å². The normalized spacial score (nSPS) is 22.9. The van der Waals surface area contributed by atoms with Gasteiger partial charge in [0.2, 0.25) is 0 Å². The van der Waals surface area contributed by atoms with Crippen molar-refractivity contribution in [3.05, 3.63) is 65.2 Å². The molecule has 1 unspecified atom stereocenters. The number of carbonyl (C=O) groups excluding carboxylic acids is 1. The highest BCUT2D eigenvalue weighted by atomic mass is 16.5. The van der Waals surface area contributed by atoms with Crippen LogP contribution in [-0.2, 0) is 16.7 Å². The van der Waals surface area contributed by atoms with Gasteiger partial charge in [0, 0.05) is 25.0 Å². The van der Waals surface area contributed by atoms with E-state index in [1.165, 1.54) is 43.9 Å². The highest BCUT2D eigenvalue weighted by Gasteiger charge is 2.52. The second kappa shape index (κ2) is 11.6. The number of carbonyl (C=O) groups is 1. The maximum absolute atomic E-state index is 12.8. The van der Waals surface area contributed by atoms with Crippen molar-refractivity contribution < 1.29 is 14.3 Å². The van der Waals surface area contributed by atoms with Crippen LogP contribution in [-0.4, -0.2) is 55.8 Å². The molecule has 1 amide bonds. The zero-order chi connectivity index (χ0) is 25.7. The second-order valence-electron chi connectivity index (χ2n) is 11.0. The predicted octanol–water partition coefficient (Wildman–Crippen LogP) is 5.75. The van der Waals surface area contributed by atoms with Crippen LogP contribution in [0.4, 0.5) is 4.79 Å². The van der Waals surface area contributed by atoms with E-state index in [0.29, 0.717) is 30.6 Å². The molecule has 1 saturated carbocycles. The Kier molecular flexibility index (Phi) is 8.00. The van der Waals surface area contributed by atoms with E-state index < -0.39 is 0 Å². The van der Waals surface area contributed by atoms with Crippen molar-refractivity contribution in [3.8, 4) is 11.8 Å². The summed E-state index contributed by atoms with van der Waals surface area (Å²) in [6.07, 6.45) is 8.23. The summed E-state index contributed by atoms with van der Waals surface area (Å²) in [4.78, 5) is 17.3. The number of ether oxygens (including phenoxy) is 2. The Morgan fingerprint density at radius 2 is 1.73 bits per heavy atom.